The summed E-state index contributed by atoms with van der Waals surface area (Å²) in [4.78, 5) is 29.7. The number of hydrogen-bond acceptors (Lipinski definition) is 4. The molecule has 9 heteroatoms. The van der Waals surface area contributed by atoms with Crippen LogP contribution in [-0.4, -0.2) is 29.2 Å². The van der Waals surface area contributed by atoms with E-state index in [1.165, 1.54) is 0 Å². The Morgan fingerprint density at radius 2 is 1.75 bits per heavy atom. The number of aromatic nitrogens is 2. The van der Waals surface area contributed by atoms with E-state index >= 15 is 0 Å². The summed E-state index contributed by atoms with van der Waals surface area (Å²) in [7, 11) is 3.89. The minimum Gasteiger partial charge on any atom is -0.352 e. The van der Waals surface area contributed by atoms with Crippen LogP contribution >= 0.6 is 11.6 Å². The van der Waals surface area contributed by atoms with E-state index in [1.54, 1.807) is 18.2 Å². The second kappa shape index (κ2) is 10.1. The van der Waals surface area contributed by atoms with Gasteiger partial charge in [-0.3, -0.25) is 9.59 Å². The molecule has 3 N–H and O–H groups in total. The molecule has 2 amide bonds. The summed E-state index contributed by atoms with van der Waals surface area (Å²) in [5.74, 6) is 0.359. The quantitative estimate of drug-likeness (QED) is 0.347. The van der Waals surface area contributed by atoms with Crippen LogP contribution < -0.4 is 21.4 Å². The second-order valence-electron chi connectivity index (χ2n) is 9.89. The van der Waals surface area contributed by atoms with Crippen molar-refractivity contribution in [1.82, 2.24) is 14.9 Å². The Kier molecular flexibility index (Phi) is 7.08. The third-order valence-electron chi connectivity index (χ3n) is 5.86. The molecule has 0 saturated heterocycles. The lowest BCUT2D eigenvalue weighted by Crippen LogP contribution is -2.34. The number of anilines is 3. The number of imidazole rings is 1. The molecule has 0 bridgehead atoms. The summed E-state index contributed by atoms with van der Waals surface area (Å²) in [6.07, 6.45) is 0. The van der Waals surface area contributed by atoms with Gasteiger partial charge < -0.3 is 20.5 Å². The summed E-state index contributed by atoms with van der Waals surface area (Å²) in [5.41, 5.74) is 5.06. The number of fused-ring (bicyclic) bond motifs is 1. The monoisotopic (exact) mass is 501 g/mol. The van der Waals surface area contributed by atoms with Crippen LogP contribution in [0.2, 0.25) is 5.02 Å². The fourth-order valence-electron chi connectivity index (χ4n) is 3.64. The number of carbonyl (C=O) groups is 2. The number of rotatable bonds is 6. The van der Waals surface area contributed by atoms with E-state index in [0.29, 0.717) is 34.3 Å². The topological polar surface area (TPSA) is 88.1 Å². The molecule has 0 aliphatic rings. The first kappa shape index (κ1) is 25.3. The third kappa shape index (κ3) is 5.71. The normalized spacial score (nSPS) is 11.4. The van der Waals surface area contributed by atoms with Gasteiger partial charge in [0.1, 0.15) is 7.85 Å². The zero-order valence-corrected chi connectivity index (χ0v) is 21.8. The van der Waals surface area contributed by atoms with Gasteiger partial charge in [0.25, 0.3) is 5.91 Å². The van der Waals surface area contributed by atoms with Crippen molar-refractivity contribution in [3.8, 4) is 0 Å². The smallest absolute Gasteiger partial charge is 0.255 e. The van der Waals surface area contributed by atoms with E-state index in [2.05, 4.69) is 20.9 Å². The SMILES string of the molecule is Bc1ccc(NC(=O)c2ccc3c(c2)nc(Nc2cc(CNC(=O)C(C)(C)C)ccc2Cl)n3C)cc1. The standard InChI is InChI=1S/C27H29BClN5O2/c1-27(2,3)25(36)30-15-16-5-11-20(29)21(13-16)32-26-33-22-14-17(6-12-23(22)34(26)4)24(35)31-19-9-7-18(28)8-10-19/h5-14H,15,28H2,1-4H3,(H,30,36)(H,31,35)(H,32,33). The van der Waals surface area contributed by atoms with Crippen LogP contribution in [0.4, 0.5) is 17.3 Å². The van der Waals surface area contributed by atoms with Gasteiger partial charge in [0.15, 0.2) is 0 Å². The largest absolute Gasteiger partial charge is 0.352 e. The lowest BCUT2D eigenvalue weighted by Gasteiger charge is -2.18. The van der Waals surface area contributed by atoms with Gasteiger partial charge in [0.2, 0.25) is 11.9 Å². The summed E-state index contributed by atoms with van der Waals surface area (Å²) in [5, 5.41) is 9.69. The molecule has 184 valence electrons. The number of nitrogens with zero attached hydrogens (tertiary/aromatic N) is 2. The maximum Gasteiger partial charge on any atom is 0.255 e. The molecule has 0 aliphatic heterocycles. The van der Waals surface area contributed by atoms with Crippen molar-refractivity contribution in [2.75, 3.05) is 10.6 Å². The van der Waals surface area contributed by atoms with Gasteiger partial charge in [0.05, 0.1) is 21.7 Å². The highest BCUT2D eigenvalue weighted by molar-refractivity contribution is 6.33. The Balaban J connectivity index is 1.53. The summed E-state index contributed by atoms with van der Waals surface area (Å²) in [6.45, 7) is 6.02. The number of hydrogen-bond donors (Lipinski definition) is 3. The van der Waals surface area contributed by atoms with Crippen molar-refractivity contribution in [2.24, 2.45) is 12.5 Å². The average Bonchev–Trinajstić information content (AvgIpc) is 3.14. The van der Waals surface area contributed by atoms with Crippen molar-refractivity contribution in [3.05, 3.63) is 76.8 Å². The number of nitrogens with one attached hydrogen (secondary N) is 3. The summed E-state index contributed by atoms with van der Waals surface area (Å²) in [6, 6.07) is 18.6. The Morgan fingerprint density at radius 1 is 1.03 bits per heavy atom. The molecule has 1 heterocycles. The average molecular weight is 502 g/mol. The van der Waals surface area contributed by atoms with E-state index in [4.69, 9.17) is 11.6 Å². The zero-order valence-electron chi connectivity index (χ0n) is 21.1. The summed E-state index contributed by atoms with van der Waals surface area (Å²) < 4.78 is 1.90. The minimum absolute atomic E-state index is 0.0236. The molecule has 0 unspecified atom stereocenters. The Hall–Kier alpha value is -3.78. The first-order chi connectivity index (χ1) is 17.0. The van der Waals surface area contributed by atoms with Gasteiger partial charge in [-0.2, -0.15) is 0 Å². The predicted molar refractivity (Wildman–Crippen MR) is 149 cm³/mol. The molecule has 1 aromatic heterocycles. The molecule has 4 rings (SSSR count). The van der Waals surface area contributed by atoms with E-state index in [-0.39, 0.29) is 11.8 Å². The molecule has 3 aromatic carbocycles. The van der Waals surface area contributed by atoms with Crippen LogP contribution in [0.25, 0.3) is 11.0 Å². The highest BCUT2D eigenvalue weighted by Gasteiger charge is 2.20. The molecule has 0 aliphatic carbocycles. The van der Waals surface area contributed by atoms with Crippen molar-refractivity contribution in [3.63, 3.8) is 0 Å². The highest BCUT2D eigenvalue weighted by atomic mass is 35.5. The maximum absolute atomic E-state index is 12.8. The molecule has 7 nitrogen and oxygen atoms in total. The molecule has 0 spiro atoms. The van der Waals surface area contributed by atoms with Crippen molar-refractivity contribution in [1.29, 1.82) is 0 Å². The fourth-order valence-corrected chi connectivity index (χ4v) is 3.80. The van der Waals surface area contributed by atoms with Gasteiger partial charge in [0, 0.05) is 30.3 Å². The number of amides is 2. The van der Waals surface area contributed by atoms with Crippen LogP contribution in [0, 0.1) is 5.41 Å². The van der Waals surface area contributed by atoms with Crippen LogP contribution in [-0.2, 0) is 18.4 Å². The van der Waals surface area contributed by atoms with Crippen molar-refractivity contribution < 1.29 is 9.59 Å². The van der Waals surface area contributed by atoms with Crippen molar-refractivity contribution in [2.45, 2.75) is 27.3 Å². The van der Waals surface area contributed by atoms with Gasteiger partial charge in [-0.25, -0.2) is 4.98 Å². The van der Waals surface area contributed by atoms with Crippen LogP contribution in [0.5, 0.6) is 0 Å². The molecule has 0 fully saturated rings. The third-order valence-corrected chi connectivity index (χ3v) is 6.19. The van der Waals surface area contributed by atoms with Crippen LogP contribution in [0.1, 0.15) is 36.7 Å². The van der Waals surface area contributed by atoms with E-state index in [0.717, 1.165) is 22.2 Å². The van der Waals surface area contributed by atoms with Gasteiger partial charge in [-0.15, -0.1) is 0 Å². The Morgan fingerprint density at radius 3 is 2.44 bits per heavy atom. The van der Waals surface area contributed by atoms with Crippen molar-refractivity contribution >= 4 is 65.1 Å². The van der Waals surface area contributed by atoms with E-state index < -0.39 is 5.41 Å². The highest BCUT2D eigenvalue weighted by Crippen LogP contribution is 2.28. The Bertz CT molecular complexity index is 1440. The Labute approximate surface area is 216 Å². The number of aryl methyl sites for hydroxylation is 1. The molecular formula is C27H29BClN5O2. The van der Waals surface area contributed by atoms with Crippen LogP contribution in [0.15, 0.2) is 60.7 Å². The summed E-state index contributed by atoms with van der Waals surface area (Å²) >= 11 is 6.45. The first-order valence-corrected chi connectivity index (χ1v) is 12.1. The van der Waals surface area contributed by atoms with Crippen LogP contribution in [0.3, 0.4) is 0 Å². The van der Waals surface area contributed by atoms with Gasteiger partial charge in [-0.1, -0.05) is 56.0 Å². The number of halogens is 1. The molecule has 0 saturated carbocycles. The number of carbonyl (C=O) groups excluding carboxylic acids is 2. The first-order valence-electron chi connectivity index (χ1n) is 11.7. The number of benzene rings is 3. The maximum atomic E-state index is 12.8. The molecule has 4 aromatic rings. The van der Waals surface area contributed by atoms with Gasteiger partial charge >= 0.3 is 0 Å². The second-order valence-corrected chi connectivity index (χ2v) is 10.3. The lowest BCUT2D eigenvalue weighted by molar-refractivity contribution is -0.128. The zero-order chi connectivity index (χ0) is 26.0. The lowest BCUT2D eigenvalue weighted by atomic mass is 9.95. The molecule has 0 radical (unpaired) electrons. The molecule has 36 heavy (non-hydrogen) atoms. The minimum atomic E-state index is -0.462. The van der Waals surface area contributed by atoms with Gasteiger partial charge in [-0.05, 0) is 48.0 Å². The molecule has 0 atom stereocenters. The predicted octanol–water partition coefficient (Wildman–Crippen LogP) is 4.14. The van der Waals surface area contributed by atoms with E-state index in [1.807, 2.05) is 82.7 Å². The molecular weight excluding hydrogens is 473 g/mol. The fraction of sp³-hybridized carbons (Fsp3) is 0.222. The van der Waals surface area contributed by atoms with E-state index in [9.17, 15) is 9.59 Å².